The number of ether oxygens (including phenoxy) is 1. The summed E-state index contributed by atoms with van der Waals surface area (Å²) in [7, 11) is 0. The zero-order chi connectivity index (χ0) is 13.5. The molecular weight excluding hydrogens is 256 g/mol. The maximum atomic E-state index is 5.45. The predicted molar refractivity (Wildman–Crippen MR) is 80.9 cm³/mol. The summed E-state index contributed by atoms with van der Waals surface area (Å²) >= 11 is 1.93. The Kier molecular flexibility index (Phi) is 6.28. The Balaban J connectivity index is 2.04. The van der Waals surface area contributed by atoms with Crippen molar-refractivity contribution in [1.82, 2.24) is 10.3 Å². The van der Waals surface area contributed by atoms with Gasteiger partial charge in [0.15, 0.2) is 0 Å². The smallest absolute Gasteiger partial charge is 0.0964 e. The monoisotopic (exact) mass is 282 g/mol. The van der Waals surface area contributed by atoms with E-state index >= 15 is 0 Å². The fraction of sp³-hybridized carbons (Fsp3) is 0.800. The Labute approximate surface area is 120 Å². The van der Waals surface area contributed by atoms with Gasteiger partial charge in [-0.3, -0.25) is 0 Å². The minimum absolute atomic E-state index is 0.634. The first-order valence-electron chi connectivity index (χ1n) is 7.62. The zero-order valence-corrected chi connectivity index (χ0v) is 13.0. The van der Waals surface area contributed by atoms with Gasteiger partial charge in [-0.05, 0) is 32.2 Å². The molecule has 0 spiro atoms. The second-order valence-electron chi connectivity index (χ2n) is 5.24. The normalized spacial score (nSPS) is 16.9. The molecule has 1 saturated heterocycles. The van der Waals surface area contributed by atoms with Crippen LogP contribution in [0.1, 0.15) is 61.0 Å². The molecule has 1 aromatic heterocycles. The molecule has 0 saturated carbocycles. The Hall–Kier alpha value is -0.450. The van der Waals surface area contributed by atoms with Gasteiger partial charge in [-0.15, -0.1) is 11.3 Å². The van der Waals surface area contributed by atoms with Gasteiger partial charge in [0.25, 0.3) is 0 Å². The van der Waals surface area contributed by atoms with Crippen molar-refractivity contribution < 1.29 is 4.74 Å². The van der Waals surface area contributed by atoms with Crippen LogP contribution in [0.15, 0.2) is 0 Å². The second-order valence-corrected chi connectivity index (χ2v) is 6.35. The molecule has 0 unspecified atom stereocenters. The van der Waals surface area contributed by atoms with Gasteiger partial charge in [-0.1, -0.05) is 20.3 Å². The van der Waals surface area contributed by atoms with Crippen molar-refractivity contribution in [3.63, 3.8) is 0 Å². The summed E-state index contributed by atoms with van der Waals surface area (Å²) in [6.45, 7) is 8.32. The van der Waals surface area contributed by atoms with Crippen molar-refractivity contribution in [3.05, 3.63) is 15.6 Å². The van der Waals surface area contributed by atoms with Crippen LogP contribution in [0, 0.1) is 0 Å². The molecule has 1 aliphatic heterocycles. The molecule has 2 heterocycles. The van der Waals surface area contributed by atoms with Crippen LogP contribution in [0.4, 0.5) is 0 Å². The molecule has 4 heteroatoms. The lowest BCUT2D eigenvalue weighted by atomic mass is 10.0. The molecule has 0 atom stereocenters. The van der Waals surface area contributed by atoms with Crippen molar-refractivity contribution in [2.24, 2.45) is 0 Å². The van der Waals surface area contributed by atoms with E-state index in [1.807, 2.05) is 11.3 Å². The van der Waals surface area contributed by atoms with Crippen LogP contribution in [0.25, 0.3) is 0 Å². The van der Waals surface area contributed by atoms with E-state index in [9.17, 15) is 0 Å². The van der Waals surface area contributed by atoms with Gasteiger partial charge in [0, 0.05) is 30.6 Å². The fourth-order valence-corrected chi connectivity index (χ4v) is 3.72. The van der Waals surface area contributed by atoms with E-state index in [4.69, 9.17) is 9.72 Å². The molecule has 1 aliphatic rings. The van der Waals surface area contributed by atoms with Crippen LogP contribution >= 0.6 is 11.3 Å². The van der Waals surface area contributed by atoms with E-state index in [1.165, 1.54) is 28.4 Å². The number of aryl methyl sites for hydroxylation is 1. The standard InChI is InChI=1S/C15H26N2OS/c1-3-5-13-14(11-16-8-4-2)19-15(17-13)12-6-9-18-10-7-12/h12,16H,3-11H2,1-2H3. The molecule has 1 fully saturated rings. The Bertz CT molecular complexity index is 372. The lowest BCUT2D eigenvalue weighted by Gasteiger charge is -2.19. The van der Waals surface area contributed by atoms with Crippen molar-refractivity contribution in [2.75, 3.05) is 19.8 Å². The summed E-state index contributed by atoms with van der Waals surface area (Å²) in [4.78, 5) is 6.38. The van der Waals surface area contributed by atoms with Crippen molar-refractivity contribution in [3.8, 4) is 0 Å². The highest BCUT2D eigenvalue weighted by molar-refractivity contribution is 7.11. The summed E-state index contributed by atoms with van der Waals surface area (Å²) in [5.41, 5.74) is 1.33. The number of nitrogens with one attached hydrogen (secondary N) is 1. The SMILES string of the molecule is CCCNCc1sc(C2CCOCC2)nc1CCC. The van der Waals surface area contributed by atoms with Crippen LogP contribution in [0.5, 0.6) is 0 Å². The lowest BCUT2D eigenvalue weighted by molar-refractivity contribution is 0.0852. The highest BCUT2D eigenvalue weighted by atomic mass is 32.1. The maximum absolute atomic E-state index is 5.45. The average Bonchev–Trinajstić information content (AvgIpc) is 2.84. The quantitative estimate of drug-likeness (QED) is 0.777. The summed E-state index contributed by atoms with van der Waals surface area (Å²) in [6.07, 6.45) is 5.76. The van der Waals surface area contributed by atoms with Crippen molar-refractivity contribution >= 4 is 11.3 Å². The lowest BCUT2D eigenvalue weighted by Crippen LogP contribution is -2.13. The number of hydrogen-bond donors (Lipinski definition) is 1. The highest BCUT2D eigenvalue weighted by Gasteiger charge is 2.21. The zero-order valence-electron chi connectivity index (χ0n) is 12.2. The minimum Gasteiger partial charge on any atom is -0.381 e. The second kappa shape index (κ2) is 7.98. The molecule has 0 bridgehead atoms. The van der Waals surface area contributed by atoms with E-state index in [0.29, 0.717) is 5.92 Å². The van der Waals surface area contributed by atoms with E-state index in [1.54, 1.807) is 0 Å². The molecule has 3 nitrogen and oxygen atoms in total. The number of rotatable bonds is 7. The third-order valence-corrected chi connectivity index (χ3v) is 4.82. The third-order valence-electron chi connectivity index (χ3n) is 3.56. The molecule has 0 radical (unpaired) electrons. The summed E-state index contributed by atoms with van der Waals surface area (Å²) < 4.78 is 5.45. The van der Waals surface area contributed by atoms with Gasteiger partial charge in [-0.2, -0.15) is 0 Å². The van der Waals surface area contributed by atoms with E-state index in [2.05, 4.69) is 19.2 Å². The van der Waals surface area contributed by atoms with Crippen LogP contribution in [-0.2, 0) is 17.7 Å². The molecule has 1 aromatic rings. The molecule has 1 N–H and O–H groups in total. The molecule has 108 valence electrons. The largest absolute Gasteiger partial charge is 0.381 e. The van der Waals surface area contributed by atoms with E-state index in [0.717, 1.165) is 45.6 Å². The molecule has 0 aromatic carbocycles. The Morgan fingerprint density at radius 1 is 1.26 bits per heavy atom. The summed E-state index contributed by atoms with van der Waals surface area (Å²) in [5, 5.41) is 4.86. The molecule has 19 heavy (non-hydrogen) atoms. The summed E-state index contributed by atoms with van der Waals surface area (Å²) in [5.74, 6) is 0.634. The van der Waals surface area contributed by atoms with Gasteiger partial charge in [-0.25, -0.2) is 4.98 Å². The topological polar surface area (TPSA) is 34.1 Å². The predicted octanol–water partition coefficient (Wildman–Crippen LogP) is 3.49. The van der Waals surface area contributed by atoms with Crippen LogP contribution in [0.3, 0.4) is 0 Å². The van der Waals surface area contributed by atoms with Crippen molar-refractivity contribution in [2.45, 2.75) is 58.4 Å². The van der Waals surface area contributed by atoms with Gasteiger partial charge >= 0.3 is 0 Å². The molecule has 0 aliphatic carbocycles. The average molecular weight is 282 g/mol. The first kappa shape index (κ1) is 14.9. The minimum atomic E-state index is 0.634. The highest BCUT2D eigenvalue weighted by Crippen LogP contribution is 2.32. The Morgan fingerprint density at radius 3 is 2.74 bits per heavy atom. The number of nitrogens with zero attached hydrogens (tertiary/aromatic N) is 1. The number of aromatic nitrogens is 1. The number of hydrogen-bond acceptors (Lipinski definition) is 4. The molecular formula is C15H26N2OS. The van der Waals surface area contributed by atoms with Crippen molar-refractivity contribution in [1.29, 1.82) is 0 Å². The fourth-order valence-electron chi connectivity index (χ4n) is 2.47. The van der Waals surface area contributed by atoms with Gasteiger partial charge in [0.2, 0.25) is 0 Å². The van der Waals surface area contributed by atoms with Gasteiger partial charge in [0.05, 0.1) is 10.7 Å². The van der Waals surface area contributed by atoms with Crippen LogP contribution in [0.2, 0.25) is 0 Å². The first-order valence-corrected chi connectivity index (χ1v) is 8.43. The molecule has 2 rings (SSSR count). The molecule has 0 amide bonds. The van der Waals surface area contributed by atoms with Gasteiger partial charge in [0.1, 0.15) is 0 Å². The Morgan fingerprint density at radius 2 is 2.05 bits per heavy atom. The maximum Gasteiger partial charge on any atom is 0.0964 e. The van der Waals surface area contributed by atoms with Crippen LogP contribution < -0.4 is 5.32 Å². The number of thiazole rings is 1. The third kappa shape index (κ3) is 4.26. The first-order chi connectivity index (χ1) is 9.35. The summed E-state index contributed by atoms with van der Waals surface area (Å²) in [6, 6.07) is 0. The van der Waals surface area contributed by atoms with Gasteiger partial charge < -0.3 is 10.1 Å². The van der Waals surface area contributed by atoms with Crippen LogP contribution in [-0.4, -0.2) is 24.7 Å². The van der Waals surface area contributed by atoms with E-state index < -0.39 is 0 Å². The van der Waals surface area contributed by atoms with E-state index in [-0.39, 0.29) is 0 Å².